The lowest BCUT2D eigenvalue weighted by Gasteiger charge is -2.17. The van der Waals surface area contributed by atoms with E-state index in [-0.39, 0.29) is 11.5 Å². The first-order valence-corrected chi connectivity index (χ1v) is 9.23. The van der Waals surface area contributed by atoms with Crippen molar-refractivity contribution in [3.8, 4) is 0 Å². The number of aryl methyl sites for hydroxylation is 1. The topological polar surface area (TPSA) is 83.0 Å². The number of carbonyl (C=O) groups is 1. The summed E-state index contributed by atoms with van der Waals surface area (Å²) >= 11 is 0. The first-order chi connectivity index (χ1) is 12.8. The fourth-order valence-electron chi connectivity index (χ4n) is 2.98. The van der Waals surface area contributed by atoms with Gasteiger partial charge in [0.1, 0.15) is 6.10 Å². The Morgan fingerprint density at radius 3 is 2.78 bits per heavy atom. The lowest BCUT2D eigenvalue weighted by Crippen LogP contribution is -2.21. The van der Waals surface area contributed by atoms with Crippen molar-refractivity contribution in [1.82, 2.24) is 19.9 Å². The molecule has 0 bridgehead atoms. The van der Waals surface area contributed by atoms with Crippen molar-refractivity contribution in [1.29, 1.82) is 0 Å². The zero-order valence-corrected chi connectivity index (χ0v) is 16.5. The zero-order valence-electron chi connectivity index (χ0n) is 16.5. The van der Waals surface area contributed by atoms with Gasteiger partial charge >= 0.3 is 5.97 Å². The van der Waals surface area contributed by atoms with E-state index in [1.807, 2.05) is 26.1 Å². The molecule has 144 valence electrons. The van der Waals surface area contributed by atoms with Crippen LogP contribution in [0.4, 0.5) is 0 Å². The van der Waals surface area contributed by atoms with Gasteiger partial charge in [0.05, 0.1) is 23.2 Å². The number of esters is 1. The van der Waals surface area contributed by atoms with E-state index in [0.717, 1.165) is 11.4 Å². The second-order valence-electron chi connectivity index (χ2n) is 8.01. The highest BCUT2D eigenvalue weighted by Gasteiger charge is 2.25. The van der Waals surface area contributed by atoms with Gasteiger partial charge in [-0.15, -0.1) is 0 Å². The van der Waals surface area contributed by atoms with Gasteiger partial charge in [0.15, 0.2) is 0 Å². The number of carbonyl (C=O) groups excluding carboxylic acids is 1. The molecule has 0 unspecified atom stereocenters. The van der Waals surface area contributed by atoms with Gasteiger partial charge in [0.2, 0.25) is 0 Å². The number of pyridine rings is 1. The molecule has 0 spiro atoms. The number of fused-ring (bicyclic) bond motifs is 1. The molecule has 3 heterocycles. The maximum absolute atomic E-state index is 12.9. The van der Waals surface area contributed by atoms with Crippen LogP contribution in [-0.4, -0.2) is 32.0 Å². The maximum Gasteiger partial charge on any atom is 0.339 e. The largest absolute Gasteiger partial charge is 0.457 e. The lowest BCUT2D eigenvalue weighted by atomic mass is 9.89. The van der Waals surface area contributed by atoms with Crippen molar-refractivity contribution in [2.24, 2.45) is 5.41 Å². The quantitative estimate of drug-likeness (QED) is 0.614. The molecule has 0 aliphatic rings. The average Bonchev–Trinajstić information content (AvgIpc) is 3.22. The van der Waals surface area contributed by atoms with Crippen molar-refractivity contribution in [3.05, 3.63) is 41.5 Å². The Balaban J connectivity index is 1.92. The third-order valence-corrected chi connectivity index (χ3v) is 4.16. The van der Waals surface area contributed by atoms with Gasteiger partial charge in [-0.25, -0.2) is 9.78 Å². The van der Waals surface area contributed by atoms with E-state index in [1.165, 1.54) is 0 Å². The zero-order chi connectivity index (χ0) is 19.6. The van der Waals surface area contributed by atoms with E-state index in [0.29, 0.717) is 36.0 Å². The van der Waals surface area contributed by atoms with Crippen molar-refractivity contribution in [2.45, 2.75) is 60.1 Å². The molecule has 0 saturated carbocycles. The van der Waals surface area contributed by atoms with Gasteiger partial charge in [-0.2, -0.15) is 5.10 Å². The number of hydrogen-bond acceptors (Lipinski definition) is 6. The molecular formula is C20H26N4O3. The highest BCUT2D eigenvalue weighted by molar-refractivity contribution is 6.03. The van der Waals surface area contributed by atoms with Crippen LogP contribution in [0, 0.1) is 5.41 Å². The fraction of sp³-hybridized carbons (Fsp3) is 0.500. The molecule has 0 amide bonds. The standard InChI is InChI=1S/C20H26N4O3/c1-6-14-10-15(19(25)26-13(2)12-24-9-7-8-21-24)17-16(11-20(3,4)5)23-27-18(17)22-14/h7-10,13H,6,11-12H2,1-5H3/t13-/m1/s1. The summed E-state index contributed by atoms with van der Waals surface area (Å²) in [6, 6.07) is 3.62. The van der Waals surface area contributed by atoms with Crippen molar-refractivity contribution in [3.63, 3.8) is 0 Å². The Morgan fingerprint density at radius 2 is 2.15 bits per heavy atom. The van der Waals surface area contributed by atoms with Crippen LogP contribution in [0.15, 0.2) is 29.0 Å². The van der Waals surface area contributed by atoms with Gasteiger partial charge in [0.25, 0.3) is 5.71 Å². The van der Waals surface area contributed by atoms with Crippen LogP contribution >= 0.6 is 0 Å². The fourth-order valence-corrected chi connectivity index (χ4v) is 2.98. The van der Waals surface area contributed by atoms with E-state index in [1.54, 1.807) is 16.9 Å². The molecule has 3 aromatic rings. The molecule has 7 heteroatoms. The molecule has 1 atom stereocenters. The number of hydrogen-bond donors (Lipinski definition) is 0. The van der Waals surface area contributed by atoms with E-state index < -0.39 is 5.97 Å². The molecule has 7 nitrogen and oxygen atoms in total. The second kappa shape index (κ2) is 7.50. The van der Waals surface area contributed by atoms with E-state index in [9.17, 15) is 4.79 Å². The number of rotatable bonds is 6. The first-order valence-electron chi connectivity index (χ1n) is 9.23. The van der Waals surface area contributed by atoms with Gasteiger partial charge in [-0.3, -0.25) is 4.68 Å². The summed E-state index contributed by atoms with van der Waals surface area (Å²) in [6.07, 6.45) is 4.58. The van der Waals surface area contributed by atoms with Crippen LogP contribution in [0.2, 0.25) is 0 Å². The minimum atomic E-state index is -0.393. The molecular weight excluding hydrogens is 344 g/mol. The third-order valence-electron chi connectivity index (χ3n) is 4.16. The van der Waals surface area contributed by atoms with Gasteiger partial charge in [0, 0.05) is 18.1 Å². The Bertz CT molecular complexity index is 923. The Kier molecular flexibility index (Phi) is 5.30. The Morgan fingerprint density at radius 1 is 1.37 bits per heavy atom. The van der Waals surface area contributed by atoms with Crippen molar-refractivity contribution in [2.75, 3.05) is 0 Å². The average molecular weight is 370 g/mol. The lowest BCUT2D eigenvalue weighted by molar-refractivity contribution is 0.0301. The first kappa shape index (κ1) is 19.1. The molecule has 3 rings (SSSR count). The molecule has 0 fully saturated rings. The van der Waals surface area contributed by atoms with Gasteiger partial charge < -0.3 is 9.26 Å². The second-order valence-corrected chi connectivity index (χ2v) is 8.01. The van der Waals surface area contributed by atoms with Crippen LogP contribution in [0.3, 0.4) is 0 Å². The molecule has 0 N–H and O–H groups in total. The SMILES string of the molecule is CCc1cc(C(=O)O[C@H](C)Cn2cccn2)c2c(CC(C)(C)C)noc2n1. The van der Waals surface area contributed by atoms with E-state index in [4.69, 9.17) is 9.26 Å². The molecule has 3 aromatic heterocycles. The Labute approximate surface area is 158 Å². The molecule has 0 saturated heterocycles. The summed E-state index contributed by atoms with van der Waals surface area (Å²) in [4.78, 5) is 17.4. The van der Waals surface area contributed by atoms with Crippen molar-refractivity contribution < 1.29 is 14.1 Å². The van der Waals surface area contributed by atoms with E-state index in [2.05, 4.69) is 36.0 Å². The summed E-state index contributed by atoms with van der Waals surface area (Å²) in [5.41, 5.74) is 2.36. The van der Waals surface area contributed by atoms with Crippen LogP contribution in [0.5, 0.6) is 0 Å². The molecule has 0 aliphatic heterocycles. The minimum absolute atomic E-state index is 0.00178. The van der Waals surface area contributed by atoms with Gasteiger partial charge in [-0.1, -0.05) is 32.9 Å². The smallest absolute Gasteiger partial charge is 0.339 e. The number of nitrogens with zero attached hydrogens (tertiary/aromatic N) is 4. The molecule has 0 aromatic carbocycles. The summed E-state index contributed by atoms with van der Waals surface area (Å²) < 4.78 is 12.8. The predicted octanol–water partition coefficient (Wildman–Crippen LogP) is 3.82. The minimum Gasteiger partial charge on any atom is -0.457 e. The summed E-state index contributed by atoms with van der Waals surface area (Å²) in [6.45, 7) is 10.7. The highest BCUT2D eigenvalue weighted by Crippen LogP contribution is 2.29. The van der Waals surface area contributed by atoms with Gasteiger partial charge in [-0.05, 0) is 37.3 Å². The van der Waals surface area contributed by atoms with Crippen LogP contribution in [-0.2, 0) is 24.1 Å². The van der Waals surface area contributed by atoms with Crippen LogP contribution in [0.25, 0.3) is 11.1 Å². The normalized spacial score (nSPS) is 13.1. The number of aromatic nitrogens is 4. The molecule has 27 heavy (non-hydrogen) atoms. The van der Waals surface area contributed by atoms with Crippen LogP contribution in [0.1, 0.15) is 56.4 Å². The summed E-state index contributed by atoms with van der Waals surface area (Å²) in [7, 11) is 0. The Hall–Kier alpha value is -2.70. The van der Waals surface area contributed by atoms with Crippen LogP contribution < -0.4 is 0 Å². The van der Waals surface area contributed by atoms with Crippen molar-refractivity contribution >= 4 is 17.1 Å². The highest BCUT2D eigenvalue weighted by atomic mass is 16.5. The summed E-state index contributed by atoms with van der Waals surface area (Å²) in [5.74, 6) is -0.393. The third kappa shape index (κ3) is 4.53. The monoisotopic (exact) mass is 370 g/mol. The van der Waals surface area contributed by atoms with E-state index >= 15 is 0 Å². The molecule has 0 radical (unpaired) electrons. The predicted molar refractivity (Wildman–Crippen MR) is 101 cm³/mol. The summed E-state index contributed by atoms with van der Waals surface area (Å²) in [5, 5.41) is 8.98. The molecule has 0 aliphatic carbocycles. The maximum atomic E-state index is 12.9. The number of ether oxygens (including phenoxy) is 1.